The lowest BCUT2D eigenvalue weighted by atomic mass is 10.1. The zero-order valence-electron chi connectivity index (χ0n) is 11.1. The zero-order chi connectivity index (χ0) is 14.9. The van der Waals surface area contributed by atoms with Gasteiger partial charge in [0.05, 0.1) is 17.2 Å². The molecule has 1 aromatic rings. The number of nitrogens with zero attached hydrogens (tertiary/aromatic N) is 1. The van der Waals surface area contributed by atoms with E-state index >= 15 is 0 Å². The Morgan fingerprint density at radius 2 is 2.05 bits per heavy atom. The summed E-state index contributed by atoms with van der Waals surface area (Å²) in [5, 5.41) is 3.24. The fraction of sp³-hybridized carbons (Fsp3) is 0.385. The van der Waals surface area contributed by atoms with Gasteiger partial charge in [-0.15, -0.1) is 0 Å². The van der Waals surface area contributed by atoms with E-state index in [1.165, 1.54) is 18.1 Å². The van der Waals surface area contributed by atoms with Crippen molar-refractivity contribution in [3.63, 3.8) is 0 Å². The van der Waals surface area contributed by atoms with Gasteiger partial charge in [-0.25, -0.2) is 0 Å². The second-order valence-corrected chi connectivity index (χ2v) is 5.22. The summed E-state index contributed by atoms with van der Waals surface area (Å²) in [7, 11) is 1.42. The average Bonchev–Trinajstić information content (AvgIpc) is 2.43. The lowest BCUT2D eigenvalue weighted by Gasteiger charge is -2.33. The maximum Gasteiger partial charge on any atom is 0.259 e. The average molecular weight is 317 g/mol. The number of piperazine rings is 1. The topological polar surface area (TPSA) is 58.6 Å². The Labute approximate surface area is 126 Å². The van der Waals surface area contributed by atoms with Gasteiger partial charge in [0.2, 0.25) is 5.91 Å². The van der Waals surface area contributed by atoms with Gasteiger partial charge in [-0.2, -0.15) is 0 Å². The van der Waals surface area contributed by atoms with E-state index in [-0.39, 0.29) is 28.1 Å². The third-order valence-corrected chi connectivity index (χ3v) is 3.85. The van der Waals surface area contributed by atoms with E-state index in [4.69, 9.17) is 27.9 Å². The first-order valence-corrected chi connectivity index (χ1v) is 6.83. The van der Waals surface area contributed by atoms with Crippen molar-refractivity contribution in [2.45, 2.75) is 13.0 Å². The number of ether oxygens (including phenoxy) is 1. The Hall–Kier alpha value is -1.46. The normalized spacial score (nSPS) is 18.7. The van der Waals surface area contributed by atoms with Crippen LogP contribution in [0.3, 0.4) is 0 Å². The van der Waals surface area contributed by atoms with E-state index in [0.29, 0.717) is 18.1 Å². The minimum absolute atomic E-state index is 0.184. The molecule has 1 fully saturated rings. The van der Waals surface area contributed by atoms with Gasteiger partial charge in [0.1, 0.15) is 11.6 Å². The summed E-state index contributed by atoms with van der Waals surface area (Å²) < 4.78 is 5.17. The molecule has 0 aromatic heterocycles. The van der Waals surface area contributed by atoms with E-state index in [1.54, 1.807) is 13.0 Å². The third kappa shape index (κ3) is 2.55. The number of carbonyl (C=O) groups excluding carboxylic acids is 2. The molecule has 1 atom stereocenters. The van der Waals surface area contributed by atoms with Crippen LogP contribution in [0.2, 0.25) is 10.0 Å². The number of methoxy groups -OCH3 is 1. The first-order chi connectivity index (χ1) is 9.47. The van der Waals surface area contributed by atoms with Crippen LogP contribution in [-0.4, -0.2) is 43.0 Å². The van der Waals surface area contributed by atoms with Gasteiger partial charge in [-0.3, -0.25) is 9.59 Å². The van der Waals surface area contributed by atoms with Gasteiger partial charge in [-0.1, -0.05) is 23.2 Å². The molecule has 1 heterocycles. The number of rotatable bonds is 2. The SMILES string of the molecule is COc1c(Cl)ccc(Cl)c1C(=O)N1CCNC(=O)C1C. The molecule has 1 aliphatic heterocycles. The largest absolute Gasteiger partial charge is 0.494 e. The first-order valence-electron chi connectivity index (χ1n) is 6.08. The fourth-order valence-electron chi connectivity index (χ4n) is 2.14. The van der Waals surface area contributed by atoms with Gasteiger partial charge in [0.15, 0.2) is 5.75 Å². The summed E-state index contributed by atoms with van der Waals surface area (Å²) in [6.07, 6.45) is 0. The molecule has 2 amide bonds. The lowest BCUT2D eigenvalue weighted by molar-refractivity contribution is -0.127. The zero-order valence-corrected chi connectivity index (χ0v) is 12.6. The van der Waals surface area contributed by atoms with Gasteiger partial charge in [0.25, 0.3) is 5.91 Å². The Balaban J connectivity index is 2.43. The molecule has 2 rings (SSSR count). The van der Waals surface area contributed by atoms with Crippen molar-refractivity contribution in [3.05, 3.63) is 27.7 Å². The van der Waals surface area contributed by atoms with Crippen molar-refractivity contribution < 1.29 is 14.3 Å². The highest BCUT2D eigenvalue weighted by atomic mass is 35.5. The number of nitrogens with one attached hydrogen (secondary N) is 1. The van der Waals surface area contributed by atoms with Crippen LogP contribution in [0.5, 0.6) is 5.75 Å². The molecule has 0 aliphatic carbocycles. The molecule has 1 N–H and O–H groups in total. The van der Waals surface area contributed by atoms with Crippen LogP contribution in [0.4, 0.5) is 0 Å². The Morgan fingerprint density at radius 1 is 1.40 bits per heavy atom. The van der Waals surface area contributed by atoms with Crippen LogP contribution in [-0.2, 0) is 4.79 Å². The highest BCUT2D eigenvalue weighted by Gasteiger charge is 2.32. The van der Waals surface area contributed by atoms with E-state index in [0.717, 1.165) is 0 Å². The monoisotopic (exact) mass is 316 g/mol. The summed E-state index contributed by atoms with van der Waals surface area (Å²) in [4.78, 5) is 25.7. The van der Waals surface area contributed by atoms with Crippen LogP contribution < -0.4 is 10.1 Å². The summed E-state index contributed by atoms with van der Waals surface area (Å²) in [6.45, 7) is 2.49. The maximum absolute atomic E-state index is 12.6. The quantitative estimate of drug-likeness (QED) is 0.907. The standard InChI is InChI=1S/C13H14Cl2N2O3/c1-7-12(18)16-5-6-17(7)13(19)10-8(14)3-4-9(15)11(10)20-2/h3-4,7H,5-6H2,1-2H3,(H,16,18). The van der Waals surface area contributed by atoms with E-state index < -0.39 is 6.04 Å². The van der Waals surface area contributed by atoms with Crippen LogP contribution in [0.25, 0.3) is 0 Å². The molecule has 1 aliphatic rings. The van der Waals surface area contributed by atoms with Crippen LogP contribution in [0.1, 0.15) is 17.3 Å². The molecule has 0 saturated carbocycles. The highest BCUT2D eigenvalue weighted by molar-refractivity contribution is 6.37. The molecule has 0 radical (unpaired) electrons. The van der Waals surface area contributed by atoms with Gasteiger partial charge in [0, 0.05) is 13.1 Å². The second-order valence-electron chi connectivity index (χ2n) is 4.40. The molecule has 5 nitrogen and oxygen atoms in total. The minimum atomic E-state index is -0.559. The Morgan fingerprint density at radius 3 is 2.70 bits per heavy atom. The summed E-state index contributed by atoms with van der Waals surface area (Å²) >= 11 is 12.1. The molecule has 1 unspecified atom stereocenters. The predicted octanol–water partition coefficient (Wildman–Crippen LogP) is 1.96. The molecule has 20 heavy (non-hydrogen) atoms. The lowest BCUT2D eigenvalue weighted by Crippen LogP contribution is -2.55. The number of carbonyl (C=O) groups is 2. The van der Waals surface area contributed by atoms with Crippen LogP contribution >= 0.6 is 23.2 Å². The second kappa shape index (κ2) is 5.89. The van der Waals surface area contributed by atoms with Gasteiger partial charge < -0.3 is 15.0 Å². The molecular weight excluding hydrogens is 303 g/mol. The molecule has 7 heteroatoms. The molecule has 1 saturated heterocycles. The number of halogens is 2. The molecule has 0 bridgehead atoms. The summed E-state index contributed by atoms with van der Waals surface area (Å²) in [6, 6.07) is 2.54. The molecular formula is C13H14Cl2N2O3. The fourth-order valence-corrected chi connectivity index (χ4v) is 2.60. The molecule has 1 aromatic carbocycles. The van der Waals surface area contributed by atoms with Crippen LogP contribution in [0, 0.1) is 0 Å². The number of amides is 2. The molecule has 0 spiro atoms. The summed E-state index contributed by atoms with van der Waals surface area (Å²) in [5.41, 5.74) is 0.184. The van der Waals surface area contributed by atoms with Crippen molar-refractivity contribution in [2.75, 3.05) is 20.2 Å². The highest BCUT2D eigenvalue weighted by Crippen LogP contribution is 2.35. The Bertz CT molecular complexity index is 563. The van der Waals surface area contributed by atoms with E-state index in [2.05, 4.69) is 5.32 Å². The number of benzene rings is 1. The smallest absolute Gasteiger partial charge is 0.259 e. The van der Waals surface area contributed by atoms with Crippen molar-refractivity contribution >= 4 is 35.0 Å². The summed E-state index contributed by atoms with van der Waals surface area (Å²) in [5.74, 6) is -0.333. The van der Waals surface area contributed by atoms with E-state index in [9.17, 15) is 9.59 Å². The maximum atomic E-state index is 12.6. The van der Waals surface area contributed by atoms with Crippen LogP contribution in [0.15, 0.2) is 12.1 Å². The Kier molecular flexibility index (Phi) is 4.40. The first kappa shape index (κ1) is 14.9. The van der Waals surface area contributed by atoms with E-state index in [1.807, 2.05) is 0 Å². The number of hydrogen-bond donors (Lipinski definition) is 1. The van der Waals surface area contributed by atoms with Crippen molar-refractivity contribution in [3.8, 4) is 5.75 Å². The number of hydrogen-bond acceptors (Lipinski definition) is 3. The van der Waals surface area contributed by atoms with Gasteiger partial charge in [-0.05, 0) is 19.1 Å². The van der Waals surface area contributed by atoms with Crippen molar-refractivity contribution in [2.24, 2.45) is 0 Å². The van der Waals surface area contributed by atoms with Gasteiger partial charge >= 0.3 is 0 Å². The molecule has 108 valence electrons. The minimum Gasteiger partial charge on any atom is -0.494 e. The van der Waals surface area contributed by atoms with Crippen molar-refractivity contribution in [1.29, 1.82) is 0 Å². The van der Waals surface area contributed by atoms with Crippen molar-refractivity contribution in [1.82, 2.24) is 10.2 Å². The third-order valence-electron chi connectivity index (χ3n) is 3.24. The predicted molar refractivity (Wildman–Crippen MR) is 76.5 cm³/mol.